The topological polar surface area (TPSA) is 73.1 Å². The molecule has 13 heavy (non-hydrogen) atoms. The van der Waals surface area contributed by atoms with Gasteiger partial charge in [0.05, 0.1) is 12.0 Å². The highest BCUT2D eigenvalue weighted by atomic mass is 19.4. The van der Waals surface area contributed by atoms with Crippen LogP contribution in [0, 0.1) is 17.2 Å². The van der Waals surface area contributed by atoms with Crippen molar-refractivity contribution in [1.29, 1.82) is 5.26 Å². The minimum absolute atomic E-state index is 0.310. The summed E-state index contributed by atoms with van der Waals surface area (Å²) in [4.78, 5) is 8.90. The van der Waals surface area contributed by atoms with Crippen molar-refractivity contribution >= 4 is 5.97 Å². The van der Waals surface area contributed by atoms with E-state index in [1.165, 1.54) is 0 Å². The predicted molar refractivity (Wildman–Crippen MR) is 35.7 cm³/mol. The van der Waals surface area contributed by atoms with Crippen LogP contribution in [0.5, 0.6) is 0 Å². The Balaban J connectivity index is 0.000000223. The Morgan fingerprint density at radius 2 is 1.92 bits per heavy atom. The second kappa shape index (κ2) is 4.67. The Hall–Kier alpha value is -1.29. The largest absolute Gasteiger partial charge is 0.490 e. The lowest BCUT2D eigenvalue weighted by Crippen LogP contribution is -2.40. The first-order valence-electron chi connectivity index (χ1n) is 3.28. The van der Waals surface area contributed by atoms with Crippen molar-refractivity contribution in [1.82, 2.24) is 5.32 Å². The zero-order valence-corrected chi connectivity index (χ0v) is 6.43. The number of nitrogens with one attached hydrogen (secondary N) is 1. The fourth-order valence-electron chi connectivity index (χ4n) is 0.380. The van der Waals surface area contributed by atoms with Crippen molar-refractivity contribution in [3.05, 3.63) is 0 Å². The number of rotatable bonds is 0. The lowest BCUT2D eigenvalue weighted by Gasteiger charge is -2.18. The van der Waals surface area contributed by atoms with Gasteiger partial charge in [-0.15, -0.1) is 0 Å². The first kappa shape index (κ1) is 11.7. The molecule has 74 valence electrons. The summed E-state index contributed by atoms with van der Waals surface area (Å²) in [7, 11) is 0. The summed E-state index contributed by atoms with van der Waals surface area (Å²) >= 11 is 0. The van der Waals surface area contributed by atoms with Crippen molar-refractivity contribution in [2.24, 2.45) is 5.92 Å². The zero-order chi connectivity index (χ0) is 10.5. The zero-order valence-electron chi connectivity index (χ0n) is 6.43. The minimum atomic E-state index is -5.08. The molecule has 0 aliphatic carbocycles. The molecule has 0 radical (unpaired) electrons. The van der Waals surface area contributed by atoms with Crippen LogP contribution in [0.3, 0.4) is 0 Å². The molecule has 0 spiro atoms. The number of halogens is 3. The van der Waals surface area contributed by atoms with Crippen LogP contribution in [0.15, 0.2) is 0 Å². The van der Waals surface area contributed by atoms with Gasteiger partial charge in [-0.1, -0.05) is 0 Å². The molecule has 4 nitrogen and oxygen atoms in total. The third kappa shape index (κ3) is 5.03. The molecule has 0 amide bonds. The molecule has 2 N–H and O–H groups in total. The Bertz CT molecular complexity index is 217. The molecule has 1 aliphatic heterocycles. The smallest absolute Gasteiger partial charge is 0.475 e. The fraction of sp³-hybridized carbons (Fsp3) is 0.667. The van der Waals surface area contributed by atoms with Gasteiger partial charge in [-0.3, -0.25) is 0 Å². The van der Waals surface area contributed by atoms with Gasteiger partial charge in [0.25, 0.3) is 0 Å². The Labute approximate surface area is 72.0 Å². The van der Waals surface area contributed by atoms with E-state index in [1.807, 2.05) is 0 Å². The number of carboxylic acid groups (broad SMARTS) is 1. The number of hydrogen-bond acceptors (Lipinski definition) is 3. The first-order valence-corrected chi connectivity index (χ1v) is 3.28. The molecule has 1 saturated heterocycles. The van der Waals surface area contributed by atoms with E-state index in [4.69, 9.17) is 15.2 Å². The number of nitriles is 1. The standard InChI is InChI=1S/C4H6N2.C2HF3O2/c5-1-4-2-6-3-4;3-2(4,5)1(6)7/h4,6H,2-3H2;(H,6,7). The molecule has 0 aromatic heterocycles. The van der Waals surface area contributed by atoms with Crippen molar-refractivity contribution in [2.45, 2.75) is 6.18 Å². The number of aliphatic carboxylic acids is 1. The normalized spacial score (nSPS) is 16.2. The summed E-state index contributed by atoms with van der Waals surface area (Å²) in [6.45, 7) is 1.80. The minimum Gasteiger partial charge on any atom is -0.475 e. The molecular weight excluding hydrogens is 189 g/mol. The van der Waals surface area contributed by atoms with Crippen LogP contribution in [0.1, 0.15) is 0 Å². The summed E-state index contributed by atoms with van der Waals surface area (Å²) in [5.41, 5.74) is 0. The molecule has 0 aromatic carbocycles. The van der Waals surface area contributed by atoms with E-state index in [1.54, 1.807) is 0 Å². The molecule has 0 saturated carbocycles. The molecule has 0 bridgehead atoms. The van der Waals surface area contributed by atoms with Gasteiger partial charge in [-0.05, 0) is 0 Å². The van der Waals surface area contributed by atoms with Crippen molar-refractivity contribution < 1.29 is 23.1 Å². The van der Waals surface area contributed by atoms with Crippen molar-refractivity contribution in [2.75, 3.05) is 13.1 Å². The SMILES string of the molecule is N#CC1CNC1.O=C(O)C(F)(F)F. The molecule has 7 heteroatoms. The molecule has 1 rings (SSSR count). The van der Waals surface area contributed by atoms with Crippen LogP contribution in [0.4, 0.5) is 13.2 Å². The number of carboxylic acids is 1. The van der Waals surface area contributed by atoms with Crippen LogP contribution in [-0.4, -0.2) is 30.3 Å². The van der Waals surface area contributed by atoms with E-state index in [9.17, 15) is 13.2 Å². The van der Waals surface area contributed by atoms with Gasteiger partial charge in [0.15, 0.2) is 0 Å². The summed E-state index contributed by atoms with van der Waals surface area (Å²) in [6.07, 6.45) is -5.08. The lowest BCUT2D eigenvalue weighted by atomic mass is 10.1. The summed E-state index contributed by atoms with van der Waals surface area (Å²) in [6, 6.07) is 2.14. The Morgan fingerprint density at radius 3 is 1.92 bits per heavy atom. The third-order valence-electron chi connectivity index (χ3n) is 1.21. The van der Waals surface area contributed by atoms with Crippen LogP contribution in [0.2, 0.25) is 0 Å². The number of carbonyl (C=O) groups is 1. The van der Waals surface area contributed by atoms with Crippen LogP contribution in [-0.2, 0) is 4.79 Å². The van der Waals surface area contributed by atoms with E-state index in [-0.39, 0.29) is 0 Å². The average molecular weight is 196 g/mol. The molecule has 0 aromatic rings. The molecule has 1 heterocycles. The Kier molecular flexibility index (Phi) is 4.20. The first-order chi connectivity index (χ1) is 5.88. The van der Waals surface area contributed by atoms with E-state index in [0.29, 0.717) is 5.92 Å². The lowest BCUT2D eigenvalue weighted by molar-refractivity contribution is -0.192. The molecule has 0 atom stereocenters. The maximum absolute atomic E-state index is 10.6. The van der Waals surface area contributed by atoms with Crippen LogP contribution >= 0.6 is 0 Å². The second-order valence-corrected chi connectivity index (χ2v) is 2.29. The van der Waals surface area contributed by atoms with E-state index >= 15 is 0 Å². The van der Waals surface area contributed by atoms with Gasteiger partial charge in [0.1, 0.15) is 0 Å². The number of hydrogen-bond donors (Lipinski definition) is 2. The highest BCUT2D eigenvalue weighted by Crippen LogP contribution is 2.13. The summed E-state index contributed by atoms with van der Waals surface area (Å²) in [5.74, 6) is -2.45. The van der Waals surface area contributed by atoms with Gasteiger partial charge in [-0.2, -0.15) is 18.4 Å². The van der Waals surface area contributed by atoms with E-state index < -0.39 is 12.1 Å². The summed E-state index contributed by atoms with van der Waals surface area (Å²) in [5, 5.41) is 18.2. The van der Waals surface area contributed by atoms with Crippen LogP contribution < -0.4 is 5.32 Å². The number of nitrogens with zero attached hydrogens (tertiary/aromatic N) is 1. The van der Waals surface area contributed by atoms with Gasteiger partial charge in [-0.25, -0.2) is 4.79 Å². The quantitative estimate of drug-likeness (QED) is 0.586. The Morgan fingerprint density at radius 1 is 1.54 bits per heavy atom. The van der Waals surface area contributed by atoms with Gasteiger partial charge >= 0.3 is 12.1 Å². The maximum Gasteiger partial charge on any atom is 0.490 e. The number of alkyl halides is 3. The fourth-order valence-corrected chi connectivity index (χ4v) is 0.380. The summed E-state index contributed by atoms with van der Waals surface area (Å²) < 4.78 is 31.7. The van der Waals surface area contributed by atoms with E-state index in [2.05, 4.69) is 11.4 Å². The molecule has 0 unspecified atom stereocenters. The van der Waals surface area contributed by atoms with Gasteiger partial charge in [0, 0.05) is 13.1 Å². The van der Waals surface area contributed by atoms with Crippen molar-refractivity contribution in [3.8, 4) is 6.07 Å². The monoisotopic (exact) mass is 196 g/mol. The maximum atomic E-state index is 10.6. The van der Waals surface area contributed by atoms with Gasteiger partial charge in [0.2, 0.25) is 0 Å². The molecule has 1 aliphatic rings. The second-order valence-electron chi connectivity index (χ2n) is 2.29. The highest BCUT2D eigenvalue weighted by Gasteiger charge is 2.38. The predicted octanol–water partition coefficient (Wildman–Crippen LogP) is 0.363. The third-order valence-corrected chi connectivity index (χ3v) is 1.21. The van der Waals surface area contributed by atoms with Crippen molar-refractivity contribution in [3.63, 3.8) is 0 Å². The van der Waals surface area contributed by atoms with E-state index in [0.717, 1.165) is 13.1 Å². The highest BCUT2D eigenvalue weighted by molar-refractivity contribution is 5.73. The molecular formula is C6H7F3N2O2. The van der Waals surface area contributed by atoms with Crippen LogP contribution in [0.25, 0.3) is 0 Å². The van der Waals surface area contributed by atoms with Gasteiger partial charge < -0.3 is 10.4 Å². The average Bonchev–Trinajstić information content (AvgIpc) is 1.83. The molecule has 1 fully saturated rings.